The van der Waals surface area contributed by atoms with Crippen LogP contribution in [0.3, 0.4) is 0 Å². The highest BCUT2D eigenvalue weighted by atomic mass is 32.2. The molecule has 0 aliphatic carbocycles. The van der Waals surface area contributed by atoms with Gasteiger partial charge in [0.25, 0.3) is 15.9 Å². The van der Waals surface area contributed by atoms with Gasteiger partial charge in [0, 0.05) is 23.5 Å². The number of hydrogen-bond acceptors (Lipinski definition) is 5. The zero-order chi connectivity index (χ0) is 19.3. The maximum atomic E-state index is 12.4. The Morgan fingerprint density at radius 3 is 2.70 bits per heavy atom. The number of benzene rings is 1. The Balaban J connectivity index is 1.49. The molecule has 2 aliphatic heterocycles. The Labute approximate surface area is 165 Å². The van der Waals surface area contributed by atoms with Crippen LogP contribution in [-0.4, -0.2) is 38.3 Å². The van der Waals surface area contributed by atoms with Crippen LogP contribution >= 0.6 is 11.8 Å². The Hall–Kier alpha value is -1.54. The van der Waals surface area contributed by atoms with E-state index >= 15 is 0 Å². The maximum Gasteiger partial charge on any atom is 0.257 e. The Bertz CT molecular complexity index is 821. The molecule has 0 saturated carbocycles. The number of nitrogens with zero attached hydrogens (tertiary/aromatic N) is 2. The van der Waals surface area contributed by atoms with Crippen LogP contribution in [0.1, 0.15) is 62.2 Å². The largest absolute Gasteiger partial charge is 0.352 e. The summed E-state index contributed by atoms with van der Waals surface area (Å²) in [5.74, 6) is -0.0548. The van der Waals surface area contributed by atoms with Gasteiger partial charge >= 0.3 is 0 Å². The van der Waals surface area contributed by atoms with Crippen LogP contribution in [0.5, 0.6) is 0 Å². The fourth-order valence-corrected chi connectivity index (χ4v) is 5.55. The van der Waals surface area contributed by atoms with Crippen molar-refractivity contribution in [2.75, 3.05) is 23.7 Å². The summed E-state index contributed by atoms with van der Waals surface area (Å²) in [6, 6.07) is 5.50. The maximum absolute atomic E-state index is 12.4. The number of amidine groups is 1. The molecule has 6 nitrogen and oxygen atoms in total. The lowest BCUT2D eigenvalue weighted by atomic mass is 10.1. The molecule has 2 aliphatic rings. The number of amides is 1. The second-order valence-corrected chi connectivity index (χ2v) is 9.74. The minimum atomic E-state index is -3.36. The van der Waals surface area contributed by atoms with Crippen molar-refractivity contribution in [3.8, 4) is 0 Å². The van der Waals surface area contributed by atoms with Crippen molar-refractivity contribution in [1.29, 1.82) is 0 Å². The second-order valence-electron chi connectivity index (χ2n) is 6.97. The van der Waals surface area contributed by atoms with Gasteiger partial charge in [-0.05, 0) is 36.4 Å². The lowest BCUT2D eigenvalue weighted by molar-refractivity contribution is 0.0952. The first-order valence-corrected chi connectivity index (χ1v) is 12.1. The first-order valence-electron chi connectivity index (χ1n) is 9.70. The zero-order valence-corrected chi connectivity index (χ0v) is 17.4. The number of nitrogens with one attached hydrogen (secondary N) is 1. The standard InChI is InChI=1S/C19H27N3O3S2/c1-2-3-4-5-6-7-8-11-20-18(23)15-9-10-16-17(14-15)26-19-21-27(24,25)13-12-22(16)19/h9-10,14H,2-8,11-13H2,1H3,(H,20,23). The van der Waals surface area contributed by atoms with E-state index in [0.717, 1.165) is 23.4 Å². The predicted octanol–water partition coefficient (Wildman–Crippen LogP) is 3.78. The molecule has 1 aromatic rings. The molecule has 1 amide bonds. The third-order valence-corrected chi connectivity index (χ3v) is 7.11. The lowest BCUT2D eigenvalue weighted by Gasteiger charge is -2.22. The average Bonchev–Trinajstić information content (AvgIpc) is 2.98. The number of rotatable bonds is 9. The minimum absolute atomic E-state index is 0.0250. The molecule has 0 bridgehead atoms. The van der Waals surface area contributed by atoms with E-state index in [1.807, 2.05) is 17.0 Å². The van der Waals surface area contributed by atoms with Crippen molar-refractivity contribution < 1.29 is 13.2 Å². The summed E-state index contributed by atoms with van der Waals surface area (Å²) in [5, 5.41) is 3.46. The number of thioether (sulfide) groups is 1. The van der Waals surface area contributed by atoms with Gasteiger partial charge in [0.2, 0.25) is 0 Å². The van der Waals surface area contributed by atoms with Gasteiger partial charge in [-0.1, -0.05) is 45.4 Å². The van der Waals surface area contributed by atoms with E-state index in [2.05, 4.69) is 16.6 Å². The Morgan fingerprint density at radius 1 is 1.19 bits per heavy atom. The van der Waals surface area contributed by atoms with Gasteiger partial charge in [0.1, 0.15) is 0 Å². The second kappa shape index (κ2) is 9.10. The number of sulfonamides is 1. The molecule has 0 atom stereocenters. The van der Waals surface area contributed by atoms with E-state index in [9.17, 15) is 13.2 Å². The van der Waals surface area contributed by atoms with E-state index < -0.39 is 10.0 Å². The Morgan fingerprint density at radius 2 is 1.93 bits per heavy atom. The molecule has 0 aromatic heterocycles. The van der Waals surface area contributed by atoms with Gasteiger partial charge < -0.3 is 10.2 Å². The normalized spacial score (nSPS) is 17.2. The van der Waals surface area contributed by atoms with Gasteiger partial charge in [-0.3, -0.25) is 4.79 Å². The van der Waals surface area contributed by atoms with Crippen LogP contribution in [0, 0.1) is 0 Å². The molecule has 2 heterocycles. The minimum Gasteiger partial charge on any atom is -0.352 e. The van der Waals surface area contributed by atoms with Crippen LogP contribution in [0.25, 0.3) is 0 Å². The summed E-state index contributed by atoms with van der Waals surface area (Å²) in [4.78, 5) is 15.2. The fourth-order valence-electron chi connectivity index (χ4n) is 3.26. The van der Waals surface area contributed by atoms with E-state index in [1.165, 1.54) is 43.9 Å². The molecule has 148 valence electrons. The smallest absolute Gasteiger partial charge is 0.257 e. The quantitative estimate of drug-likeness (QED) is 0.628. The van der Waals surface area contributed by atoms with Crippen LogP contribution in [0.2, 0.25) is 0 Å². The van der Waals surface area contributed by atoms with Crippen LogP contribution in [0.15, 0.2) is 27.5 Å². The van der Waals surface area contributed by atoms with Crippen molar-refractivity contribution in [2.45, 2.75) is 56.8 Å². The number of carbonyl (C=O) groups excluding carboxylic acids is 1. The zero-order valence-electron chi connectivity index (χ0n) is 15.7. The predicted molar refractivity (Wildman–Crippen MR) is 111 cm³/mol. The van der Waals surface area contributed by atoms with Crippen molar-refractivity contribution in [1.82, 2.24) is 5.32 Å². The molecule has 1 N–H and O–H groups in total. The molecular formula is C19H27N3O3S2. The molecule has 0 spiro atoms. The number of hydrogen-bond donors (Lipinski definition) is 1. The number of anilines is 1. The van der Waals surface area contributed by atoms with Gasteiger partial charge in [0.15, 0.2) is 5.17 Å². The van der Waals surface area contributed by atoms with Gasteiger partial charge in [-0.2, -0.15) is 0 Å². The highest BCUT2D eigenvalue weighted by molar-refractivity contribution is 8.15. The third-order valence-electron chi connectivity index (χ3n) is 4.80. The molecule has 0 saturated heterocycles. The molecule has 27 heavy (non-hydrogen) atoms. The third kappa shape index (κ3) is 5.25. The molecule has 0 radical (unpaired) electrons. The average molecular weight is 410 g/mol. The number of unbranched alkanes of at least 4 members (excludes halogenated alkanes) is 6. The monoisotopic (exact) mass is 409 g/mol. The summed E-state index contributed by atoms with van der Waals surface area (Å²) in [6.07, 6.45) is 8.53. The molecule has 1 aromatic carbocycles. The van der Waals surface area contributed by atoms with Gasteiger partial charge in [-0.25, -0.2) is 8.42 Å². The molecule has 0 fully saturated rings. The SMILES string of the molecule is CCCCCCCCCNC(=O)c1ccc2c(c1)SC1=NS(=O)(=O)CCN12. The summed E-state index contributed by atoms with van der Waals surface area (Å²) in [5.41, 5.74) is 1.53. The van der Waals surface area contributed by atoms with E-state index in [0.29, 0.717) is 23.8 Å². The Kier molecular flexibility index (Phi) is 6.81. The number of fused-ring (bicyclic) bond motifs is 3. The highest BCUT2D eigenvalue weighted by Gasteiger charge is 2.33. The summed E-state index contributed by atoms with van der Waals surface area (Å²) >= 11 is 1.31. The van der Waals surface area contributed by atoms with Crippen molar-refractivity contribution in [3.63, 3.8) is 0 Å². The summed E-state index contributed by atoms with van der Waals surface area (Å²) < 4.78 is 27.2. The molecule has 8 heteroatoms. The van der Waals surface area contributed by atoms with Crippen molar-refractivity contribution >= 4 is 38.5 Å². The van der Waals surface area contributed by atoms with Crippen LogP contribution < -0.4 is 10.2 Å². The summed E-state index contributed by atoms with van der Waals surface area (Å²) in [7, 11) is -3.36. The number of carbonyl (C=O) groups is 1. The summed E-state index contributed by atoms with van der Waals surface area (Å²) in [6.45, 7) is 3.31. The molecular weight excluding hydrogens is 382 g/mol. The first kappa shape index (κ1) is 20.2. The van der Waals surface area contributed by atoms with Gasteiger partial charge in [0.05, 0.1) is 11.4 Å². The van der Waals surface area contributed by atoms with Gasteiger partial charge in [-0.15, -0.1) is 4.40 Å². The molecule has 3 rings (SSSR count). The van der Waals surface area contributed by atoms with E-state index in [-0.39, 0.29) is 11.7 Å². The van der Waals surface area contributed by atoms with E-state index in [1.54, 1.807) is 6.07 Å². The van der Waals surface area contributed by atoms with Crippen LogP contribution in [-0.2, 0) is 10.0 Å². The lowest BCUT2D eigenvalue weighted by Crippen LogP contribution is -2.35. The van der Waals surface area contributed by atoms with E-state index in [4.69, 9.17) is 0 Å². The first-order chi connectivity index (χ1) is 13.0. The van der Waals surface area contributed by atoms with Crippen LogP contribution in [0.4, 0.5) is 5.69 Å². The van der Waals surface area contributed by atoms with Crippen molar-refractivity contribution in [2.24, 2.45) is 4.40 Å². The topological polar surface area (TPSA) is 78.8 Å². The highest BCUT2D eigenvalue weighted by Crippen LogP contribution is 2.42. The molecule has 0 unspecified atom stereocenters. The van der Waals surface area contributed by atoms with Crippen molar-refractivity contribution in [3.05, 3.63) is 23.8 Å². The fraction of sp³-hybridized carbons (Fsp3) is 0.579.